The van der Waals surface area contributed by atoms with E-state index in [1.807, 2.05) is 58.9 Å². The highest BCUT2D eigenvalue weighted by Gasteiger charge is 2.52. The SMILES string of the molecule is COCOC(C)c1cc(CN(c2cc3oc(Cc4ccc(F)cc4)c(C(N)=O)c3cc2C2CC2)S(C)(=O)=O)ccc1B1OC(C)(C)C(C)(C)O1. The maximum Gasteiger partial charge on any atom is 0.495 e. The Balaban J connectivity index is 1.42. The lowest BCUT2D eigenvalue weighted by atomic mass is 9.74. The van der Waals surface area contributed by atoms with E-state index in [1.165, 1.54) is 22.7 Å². The zero-order chi connectivity index (χ0) is 36.2. The van der Waals surface area contributed by atoms with Crippen molar-refractivity contribution in [3.63, 3.8) is 0 Å². The van der Waals surface area contributed by atoms with Gasteiger partial charge in [-0.25, -0.2) is 12.8 Å². The van der Waals surface area contributed by atoms with Crippen LogP contribution in [0.1, 0.15) is 97.9 Å². The second-order valence-electron chi connectivity index (χ2n) is 14.3. The molecule has 13 heteroatoms. The highest BCUT2D eigenvalue weighted by Crippen LogP contribution is 2.48. The van der Waals surface area contributed by atoms with Gasteiger partial charge in [-0.3, -0.25) is 9.10 Å². The van der Waals surface area contributed by atoms with Crippen molar-refractivity contribution in [2.24, 2.45) is 5.73 Å². The Labute approximate surface area is 293 Å². The van der Waals surface area contributed by atoms with Crippen molar-refractivity contribution in [1.82, 2.24) is 0 Å². The lowest BCUT2D eigenvalue weighted by Gasteiger charge is -2.32. The van der Waals surface area contributed by atoms with Gasteiger partial charge in [0, 0.05) is 25.0 Å². The summed E-state index contributed by atoms with van der Waals surface area (Å²) >= 11 is 0. The minimum absolute atomic E-state index is 0.0174. The van der Waals surface area contributed by atoms with Gasteiger partial charge in [0.2, 0.25) is 10.0 Å². The van der Waals surface area contributed by atoms with Crippen LogP contribution in [0.25, 0.3) is 11.0 Å². The highest BCUT2D eigenvalue weighted by molar-refractivity contribution is 7.92. The number of amides is 1. The van der Waals surface area contributed by atoms with Crippen LogP contribution in [-0.4, -0.2) is 52.8 Å². The number of benzene rings is 3. The number of sulfonamides is 1. The number of carbonyl (C=O) groups is 1. The Morgan fingerprint density at radius 1 is 1.04 bits per heavy atom. The summed E-state index contributed by atoms with van der Waals surface area (Å²) in [4.78, 5) is 12.8. The first-order valence-electron chi connectivity index (χ1n) is 16.7. The average Bonchev–Trinajstić information content (AvgIpc) is 3.78. The number of rotatable bonds is 13. The molecule has 10 nitrogen and oxygen atoms in total. The number of hydrogen-bond donors (Lipinski definition) is 1. The van der Waals surface area contributed by atoms with Crippen LogP contribution in [0.15, 0.2) is 59.0 Å². The van der Waals surface area contributed by atoms with Crippen molar-refractivity contribution in [1.29, 1.82) is 0 Å². The number of furan rings is 1. The maximum atomic E-state index is 13.6. The largest absolute Gasteiger partial charge is 0.495 e. The molecule has 0 radical (unpaired) electrons. The van der Waals surface area contributed by atoms with Gasteiger partial charge in [-0.15, -0.1) is 0 Å². The van der Waals surface area contributed by atoms with Crippen molar-refractivity contribution < 1.29 is 40.8 Å². The van der Waals surface area contributed by atoms with Crippen LogP contribution in [0, 0.1) is 5.82 Å². The van der Waals surface area contributed by atoms with Crippen LogP contribution < -0.4 is 15.5 Å². The predicted molar refractivity (Wildman–Crippen MR) is 190 cm³/mol. The molecule has 1 aromatic heterocycles. The number of carbonyl (C=O) groups excluding carboxylic acids is 1. The third-order valence-electron chi connectivity index (χ3n) is 9.98. The van der Waals surface area contributed by atoms with Crippen LogP contribution >= 0.6 is 0 Å². The number of ether oxygens (including phenoxy) is 2. The van der Waals surface area contributed by atoms with Gasteiger partial charge >= 0.3 is 7.12 Å². The lowest BCUT2D eigenvalue weighted by Crippen LogP contribution is -2.41. The molecule has 2 aliphatic rings. The number of nitrogens with two attached hydrogens (primary N) is 1. The van der Waals surface area contributed by atoms with E-state index < -0.39 is 40.4 Å². The number of methoxy groups -OCH3 is 1. The Hall–Kier alpha value is -3.75. The smallest absolute Gasteiger partial charge is 0.460 e. The minimum Gasteiger partial charge on any atom is -0.460 e. The van der Waals surface area contributed by atoms with E-state index in [0.29, 0.717) is 22.4 Å². The van der Waals surface area contributed by atoms with Crippen molar-refractivity contribution in [3.8, 4) is 0 Å². The topological polar surface area (TPSA) is 131 Å². The molecule has 2 fully saturated rings. The average molecular weight is 707 g/mol. The summed E-state index contributed by atoms with van der Waals surface area (Å²) in [5, 5.41) is 0.520. The lowest BCUT2D eigenvalue weighted by molar-refractivity contribution is -0.0664. The molecule has 0 spiro atoms. The fourth-order valence-electron chi connectivity index (χ4n) is 6.39. The summed E-state index contributed by atoms with van der Waals surface area (Å²) < 4.78 is 72.3. The molecule has 4 aromatic rings. The van der Waals surface area contributed by atoms with Crippen molar-refractivity contribution in [3.05, 3.63) is 94.0 Å². The number of halogens is 1. The Morgan fingerprint density at radius 2 is 1.68 bits per heavy atom. The summed E-state index contributed by atoms with van der Waals surface area (Å²) in [6, 6.07) is 15.1. The van der Waals surface area contributed by atoms with E-state index in [-0.39, 0.29) is 37.1 Å². The number of primary amides is 1. The van der Waals surface area contributed by atoms with Gasteiger partial charge in [0.15, 0.2) is 0 Å². The fourth-order valence-corrected chi connectivity index (χ4v) is 7.28. The zero-order valence-corrected chi connectivity index (χ0v) is 30.4. The van der Waals surface area contributed by atoms with Gasteiger partial charge in [0.25, 0.3) is 5.91 Å². The molecule has 6 rings (SSSR count). The van der Waals surface area contributed by atoms with Crippen molar-refractivity contribution in [2.45, 2.75) is 83.6 Å². The third-order valence-corrected chi connectivity index (χ3v) is 11.1. The Bertz CT molecular complexity index is 2010. The summed E-state index contributed by atoms with van der Waals surface area (Å²) in [5.41, 5.74) is 9.60. The Morgan fingerprint density at radius 3 is 2.26 bits per heavy atom. The molecule has 1 aliphatic carbocycles. The normalized spacial score (nSPS) is 17.7. The Kier molecular flexibility index (Phi) is 9.68. The molecule has 1 unspecified atom stereocenters. The minimum atomic E-state index is -3.83. The molecule has 266 valence electrons. The van der Waals surface area contributed by atoms with Gasteiger partial charge in [0.1, 0.15) is 24.0 Å². The molecule has 1 atom stereocenters. The van der Waals surface area contributed by atoms with Gasteiger partial charge in [-0.05, 0) is 99.3 Å². The summed E-state index contributed by atoms with van der Waals surface area (Å²) in [6.45, 7) is 9.93. The number of hydrogen-bond acceptors (Lipinski definition) is 8. The molecule has 50 heavy (non-hydrogen) atoms. The van der Waals surface area contributed by atoms with Gasteiger partial charge in [0.05, 0.1) is 41.4 Å². The predicted octanol–water partition coefficient (Wildman–Crippen LogP) is 6.09. The van der Waals surface area contributed by atoms with Crippen LogP contribution in [0.4, 0.5) is 10.1 Å². The molecule has 1 amide bonds. The van der Waals surface area contributed by atoms with E-state index in [9.17, 15) is 17.6 Å². The summed E-state index contributed by atoms with van der Waals surface area (Å²) in [7, 11) is -2.93. The van der Waals surface area contributed by atoms with Gasteiger partial charge < -0.3 is 28.9 Å². The molecule has 0 bridgehead atoms. The van der Waals surface area contributed by atoms with E-state index in [2.05, 4.69) is 0 Å². The molecule has 3 aromatic carbocycles. The first-order chi connectivity index (χ1) is 23.5. The van der Waals surface area contributed by atoms with Crippen LogP contribution in [0.5, 0.6) is 0 Å². The molecular formula is C37H44BFN2O8S. The van der Waals surface area contributed by atoms with E-state index in [0.717, 1.165) is 40.6 Å². The second-order valence-corrected chi connectivity index (χ2v) is 16.2. The second kappa shape index (κ2) is 13.4. The monoisotopic (exact) mass is 706 g/mol. The van der Waals surface area contributed by atoms with E-state index in [4.69, 9.17) is 28.9 Å². The molecule has 1 saturated carbocycles. The standard InChI is InChI=1S/C37H44BFN2O8S/c1-22(46-21-45-6)27-16-24(10-15-30(27)38-48-36(2,3)37(4,5)49-38)20-41(50(7,43)44)31-19-32-29(18-28(31)25-11-12-25)34(35(40)42)33(47-32)17-23-8-13-26(39)14-9-23/h8-10,13-16,18-19,22,25H,11-12,17,20-21H2,1-7H3,(H2,40,42). The number of anilines is 1. The van der Waals surface area contributed by atoms with Gasteiger partial charge in [-0.1, -0.05) is 30.3 Å². The van der Waals surface area contributed by atoms with Crippen LogP contribution in [-0.2, 0) is 41.8 Å². The van der Waals surface area contributed by atoms with Crippen LogP contribution in [0.2, 0.25) is 0 Å². The fraction of sp³-hybridized carbons (Fsp3) is 0.432. The molecule has 1 saturated heterocycles. The van der Waals surface area contributed by atoms with Gasteiger partial charge in [-0.2, -0.15) is 0 Å². The zero-order valence-electron chi connectivity index (χ0n) is 29.5. The molecule has 2 heterocycles. The number of nitrogens with zero attached hydrogens (tertiary/aromatic N) is 1. The highest BCUT2D eigenvalue weighted by atomic mass is 32.2. The molecule has 2 N–H and O–H groups in total. The quantitative estimate of drug-likeness (QED) is 0.131. The maximum absolute atomic E-state index is 13.6. The summed E-state index contributed by atoms with van der Waals surface area (Å²) in [5.74, 6) is -0.592. The first kappa shape index (κ1) is 36.1. The van der Waals surface area contributed by atoms with Crippen molar-refractivity contribution in [2.75, 3.05) is 24.5 Å². The van der Waals surface area contributed by atoms with Crippen LogP contribution in [0.3, 0.4) is 0 Å². The van der Waals surface area contributed by atoms with Crippen molar-refractivity contribution >= 4 is 45.2 Å². The van der Waals surface area contributed by atoms with E-state index >= 15 is 0 Å². The first-order valence-corrected chi connectivity index (χ1v) is 18.5. The third kappa shape index (κ3) is 7.20. The molecule has 1 aliphatic heterocycles. The number of fused-ring (bicyclic) bond motifs is 1. The summed E-state index contributed by atoms with van der Waals surface area (Å²) in [6.07, 6.45) is 2.71. The van der Waals surface area contributed by atoms with E-state index in [1.54, 1.807) is 25.3 Å². The molecular weight excluding hydrogens is 662 g/mol.